The third-order valence-electron chi connectivity index (χ3n) is 5.68. The lowest BCUT2D eigenvalue weighted by atomic mass is 10.1. The molecule has 0 bridgehead atoms. The highest BCUT2D eigenvalue weighted by Crippen LogP contribution is 2.36. The van der Waals surface area contributed by atoms with Gasteiger partial charge in [-0.15, -0.1) is 0 Å². The fourth-order valence-corrected chi connectivity index (χ4v) is 4.96. The van der Waals surface area contributed by atoms with E-state index >= 15 is 0 Å². The molecule has 3 aromatic rings. The quantitative estimate of drug-likeness (QED) is 0.173. The molecule has 0 aromatic heterocycles. The van der Waals surface area contributed by atoms with Crippen LogP contribution >= 0.6 is 38.5 Å². The van der Waals surface area contributed by atoms with E-state index in [1.165, 1.54) is 6.08 Å². The number of carbonyl (C=O) groups excluding carboxylic acids is 3. The number of rotatable bonds is 8. The smallest absolute Gasteiger partial charge is 0.335 e. The number of amides is 4. The molecule has 7 nitrogen and oxygen atoms in total. The molecular weight excluding hydrogens is 651 g/mol. The zero-order valence-corrected chi connectivity index (χ0v) is 24.0. The Kier molecular flexibility index (Phi) is 8.65. The highest BCUT2D eigenvalue weighted by Gasteiger charge is 2.36. The predicted molar refractivity (Wildman–Crippen MR) is 154 cm³/mol. The first-order valence-electron chi connectivity index (χ1n) is 11.6. The van der Waals surface area contributed by atoms with Crippen LogP contribution in [0.2, 0.25) is 0 Å². The molecule has 1 aliphatic heterocycles. The van der Waals surface area contributed by atoms with Crippen LogP contribution in [0.4, 0.5) is 10.5 Å². The van der Waals surface area contributed by atoms with Crippen LogP contribution in [-0.4, -0.2) is 24.5 Å². The summed E-state index contributed by atoms with van der Waals surface area (Å²) in [7, 11) is 0. The molecular formula is C28H24BrIN2O5. The van der Waals surface area contributed by atoms with Crippen molar-refractivity contribution in [2.24, 2.45) is 0 Å². The molecule has 4 rings (SSSR count). The van der Waals surface area contributed by atoms with E-state index in [1.807, 2.05) is 50.2 Å². The van der Waals surface area contributed by atoms with E-state index in [2.05, 4.69) is 43.8 Å². The van der Waals surface area contributed by atoms with Crippen LogP contribution in [0, 0.1) is 3.57 Å². The predicted octanol–water partition coefficient (Wildman–Crippen LogP) is 6.26. The second-order valence-electron chi connectivity index (χ2n) is 8.12. The van der Waals surface area contributed by atoms with E-state index in [1.54, 1.807) is 24.3 Å². The summed E-state index contributed by atoms with van der Waals surface area (Å²) in [5, 5.41) is 2.26. The molecule has 1 fully saturated rings. The van der Waals surface area contributed by atoms with Crippen molar-refractivity contribution in [3.63, 3.8) is 0 Å². The molecule has 37 heavy (non-hydrogen) atoms. The number of hydrogen-bond acceptors (Lipinski definition) is 5. The number of nitrogens with zero attached hydrogens (tertiary/aromatic N) is 1. The monoisotopic (exact) mass is 674 g/mol. The molecule has 0 radical (unpaired) electrons. The maximum absolute atomic E-state index is 13.3. The summed E-state index contributed by atoms with van der Waals surface area (Å²) in [4.78, 5) is 39.4. The van der Waals surface area contributed by atoms with E-state index in [9.17, 15) is 14.4 Å². The van der Waals surface area contributed by atoms with Crippen molar-refractivity contribution in [1.29, 1.82) is 0 Å². The average molecular weight is 675 g/mol. The second-order valence-corrected chi connectivity index (χ2v) is 10.1. The van der Waals surface area contributed by atoms with Crippen LogP contribution in [0.5, 0.6) is 11.5 Å². The molecule has 9 heteroatoms. The molecule has 3 aromatic carbocycles. The molecule has 0 atom stereocenters. The van der Waals surface area contributed by atoms with Crippen molar-refractivity contribution in [1.82, 2.24) is 5.32 Å². The largest absolute Gasteiger partial charge is 0.490 e. The minimum atomic E-state index is -0.781. The van der Waals surface area contributed by atoms with Crippen molar-refractivity contribution in [3.8, 4) is 11.5 Å². The first kappa shape index (κ1) is 26.9. The average Bonchev–Trinajstić information content (AvgIpc) is 2.87. The van der Waals surface area contributed by atoms with Crippen molar-refractivity contribution in [3.05, 3.63) is 91.0 Å². The Morgan fingerprint density at radius 2 is 1.73 bits per heavy atom. The first-order chi connectivity index (χ1) is 17.8. The van der Waals surface area contributed by atoms with Crippen LogP contribution in [-0.2, 0) is 22.6 Å². The van der Waals surface area contributed by atoms with Crippen LogP contribution < -0.4 is 19.7 Å². The van der Waals surface area contributed by atoms with E-state index in [-0.39, 0.29) is 5.57 Å². The summed E-state index contributed by atoms with van der Waals surface area (Å²) in [5.41, 5.74) is 2.85. The van der Waals surface area contributed by atoms with Gasteiger partial charge in [-0.05, 0) is 83.5 Å². The fourth-order valence-electron chi connectivity index (χ4n) is 3.78. The lowest BCUT2D eigenvalue weighted by molar-refractivity contribution is -0.122. The van der Waals surface area contributed by atoms with Gasteiger partial charge in [-0.3, -0.25) is 14.9 Å². The van der Waals surface area contributed by atoms with Gasteiger partial charge in [0.15, 0.2) is 11.5 Å². The van der Waals surface area contributed by atoms with Gasteiger partial charge in [0.2, 0.25) is 0 Å². The number of imide groups is 2. The van der Waals surface area contributed by atoms with Gasteiger partial charge >= 0.3 is 6.03 Å². The summed E-state index contributed by atoms with van der Waals surface area (Å²) in [6, 6.07) is 17.6. The number of urea groups is 1. The number of benzene rings is 3. The van der Waals surface area contributed by atoms with Crippen molar-refractivity contribution >= 4 is 68.1 Å². The Morgan fingerprint density at radius 3 is 2.41 bits per heavy atom. The molecule has 1 aliphatic rings. The van der Waals surface area contributed by atoms with Gasteiger partial charge in [0.05, 0.1) is 15.9 Å². The Morgan fingerprint density at radius 1 is 1.00 bits per heavy atom. The molecule has 0 aliphatic carbocycles. The zero-order valence-electron chi connectivity index (χ0n) is 20.2. The maximum atomic E-state index is 13.3. The van der Waals surface area contributed by atoms with Gasteiger partial charge in [-0.2, -0.15) is 0 Å². The Bertz CT molecular complexity index is 1390. The van der Waals surface area contributed by atoms with Gasteiger partial charge in [-0.25, -0.2) is 9.69 Å². The Balaban J connectivity index is 1.65. The number of carbonyl (C=O) groups is 3. The van der Waals surface area contributed by atoms with Crippen molar-refractivity contribution in [2.75, 3.05) is 11.5 Å². The van der Waals surface area contributed by atoms with E-state index in [0.29, 0.717) is 36.0 Å². The lowest BCUT2D eigenvalue weighted by Gasteiger charge is -2.26. The minimum absolute atomic E-state index is 0.153. The first-order valence-corrected chi connectivity index (χ1v) is 13.5. The lowest BCUT2D eigenvalue weighted by Crippen LogP contribution is -2.54. The zero-order chi connectivity index (χ0) is 26.5. The standard InChI is InChI=1S/C28H24BrIN2O5/c1-3-17-9-11-20(12-10-17)32-27(34)21(26(33)31-28(32)35)13-18-14-23(30)25(24(15-18)36-4-2)37-16-19-7-5-6-8-22(19)29/h5-15H,3-4,16H2,1-2H3,(H,31,33,35)/b21-13+. The minimum Gasteiger partial charge on any atom is -0.490 e. The van der Waals surface area contributed by atoms with Gasteiger partial charge in [0.25, 0.3) is 11.8 Å². The van der Waals surface area contributed by atoms with E-state index in [4.69, 9.17) is 9.47 Å². The number of barbiturate groups is 1. The highest BCUT2D eigenvalue weighted by atomic mass is 127. The van der Waals surface area contributed by atoms with E-state index in [0.717, 1.165) is 30.5 Å². The number of nitrogens with one attached hydrogen (secondary N) is 1. The summed E-state index contributed by atoms with van der Waals surface area (Å²) in [6.45, 7) is 4.60. The molecule has 1 saturated heterocycles. The van der Waals surface area contributed by atoms with Crippen LogP contribution in [0.1, 0.15) is 30.5 Å². The number of hydrogen-bond donors (Lipinski definition) is 1. The topological polar surface area (TPSA) is 84.9 Å². The van der Waals surface area contributed by atoms with Crippen LogP contribution in [0.15, 0.2) is 70.7 Å². The summed E-state index contributed by atoms with van der Waals surface area (Å²) in [5.74, 6) is -0.397. The number of anilines is 1. The molecule has 0 saturated carbocycles. The molecule has 190 valence electrons. The van der Waals surface area contributed by atoms with Crippen molar-refractivity contribution in [2.45, 2.75) is 26.9 Å². The Labute approximate surface area is 237 Å². The van der Waals surface area contributed by atoms with Crippen molar-refractivity contribution < 1.29 is 23.9 Å². The Hall–Kier alpha value is -3.18. The summed E-state index contributed by atoms with van der Waals surface area (Å²) < 4.78 is 13.6. The number of ether oxygens (including phenoxy) is 2. The number of aryl methyl sites for hydroxylation is 1. The summed E-state index contributed by atoms with van der Waals surface area (Å²) >= 11 is 5.66. The van der Waals surface area contributed by atoms with Crippen LogP contribution in [0.25, 0.3) is 6.08 Å². The molecule has 0 unspecified atom stereocenters. The molecule has 0 spiro atoms. The molecule has 1 N–H and O–H groups in total. The summed E-state index contributed by atoms with van der Waals surface area (Å²) in [6.07, 6.45) is 2.28. The van der Waals surface area contributed by atoms with Crippen LogP contribution in [0.3, 0.4) is 0 Å². The van der Waals surface area contributed by atoms with Gasteiger partial charge in [-0.1, -0.05) is 53.2 Å². The fraction of sp³-hybridized carbons (Fsp3) is 0.179. The van der Waals surface area contributed by atoms with Gasteiger partial charge < -0.3 is 9.47 Å². The normalized spacial score (nSPS) is 14.6. The number of halogens is 2. The third-order valence-corrected chi connectivity index (χ3v) is 7.25. The third kappa shape index (κ3) is 6.04. The molecule has 4 amide bonds. The SMILES string of the molecule is CCOc1cc(/C=C2\C(=O)NC(=O)N(c3ccc(CC)cc3)C2=O)cc(I)c1OCc1ccccc1Br. The maximum Gasteiger partial charge on any atom is 0.335 e. The highest BCUT2D eigenvalue weighted by molar-refractivity contribution is 14.1. The van der Waals surface area contributed by atoms with Gasteiger partial charge in [0.1, 0.15) is 12.2 Å². The second kappa shape index (κ2) is 11.9. The van der Waals surface area contributed by atoms with Gasteiger partial charge in [0, 0.05) is 10.0 Å². The molecule has 1 heterocycles. The van der Waals surface area contributed by atoms with E-state index < -0.39 is 17.8 Å².